The van der Waals surface area contributed by atoms with Gasteiger partial charge in [-0.2, -0.15) is 33.4 Å². The molecule has 1 aliphatic heterocycles. The van der Waals surface area contributed by atoms with Crippen molar-refractivity contribution in [2.24, 2.45) is 0 Å². The number of hydrogen-bond donors (Lipinski definition) is 2. The Balaban J connectivity index is 0.000000232. The molecule has 0 saturated carbocycles. The van der Waals surface area contributed by atoms with Crippen LogP contribution in [0.2, 0.25) is 5.02 Å². The topological polar surface area (TPSA) is 92.5 Å². The second-order valence-corrected chi connectivity index (χ2v) is 8.89. The lowest BCUT2D eigenvalue weighted by Gasteiger charge is -2.27. The van der Waals surface area contributed by atoms with Gasteiger partial charge in [-0.3, -0.25) is 0 Å². The SMILES string of the molecule is C[N-]Cc1cc(C(F)(F)F)cc(C(F)(F)F)c1.O=C(O)c1cnc(N2CCNCC2)nc1-c1ccc(F)cc1Cl. The van der Waals surface area contributed by atoms with E-state index >= 15 is 0 Å². The van der Waals surface area contributed by atoms with Crippen molar-refractivity contribution in [3.8, 4) is 11.3 Å². The molecule has 1 saturated heterocycles. The molecule has 3 aromatic rings. The van der Waals surface area contributed by atoms with Gasteiger partial charge < -0.3 is 20.6 Å². The third kappa shape index (κ3) is 8.02. The van der Waals surface area contributed by atoms with Gasteiger partial charge in [-0.05, 0) is 36.4 Å². The molecule has 0 spiro atoms. The predicted molar refractivity (Wildman–Crippen MR) is 134 cm³/mol. The summed E-state index contributed by atoms with van der Waals surface area (Å²) in [5.41, 5.74) is -2.26. The fraction of sp³-hybridized carbons (Fsp3) is 0.320. The molecule has 0 bridgehead atoms. The van der Waals surface area contributed by atoms with E-state index in [-0.39, 0.29) is 34.5 Å². The molecule has 1 fully saturated rings. The number of carboxylic acid groups (broad SMARTS) is 1. The van der Waals surface area contributed by atoms with E-state index < -0.39 is 35.3 Å². The van der Waals surface area contributed by atoms with Crippen LogP contribution >= 0.6 is 11.6 Å². The molecule has 0 unspecified atom stereocenters. The number of hydrogen-bond acceptors (Lipinski definition) is 5. The number of anilines is 1. The van der Waals surface area contributed by atoms with Crippen LogP contribution in [-0.4, -0.2) is 54.3 Å². The van der Waals surface area contributed by atoms with Crippen molar-refractivity contribution in [3.05, 3.63) is 81.0 Å². The van der Waals surface area contributed by atoms with Crippen LogP contribution in [-0.2, 0) is 18.9 Å². The fourth-order valence-corrected chi connectivity index (χ4v) is 3.98. The van der Waals surface area contributed by atoms with Crippen molar-refractivity contribution in [2.45, 2.75) is 18.9 Å². The second kappa shape index (κ2) is 12.8. The standard InChI is InChI=1S/C15H14ClFN4O2.C10H8F6N/c16-12-7-9(17)1-2-10(12)13-11(14(22)23)8-19-15(20-13)21-5-3-18-4-6-21;1-17-5-6-2-7(9(11,12)13)4-8(3-6)10(14,15)16/h1-2,7-8,18H,3-6H2,(H,22,23);2-4H,5H2,1H3/q;-1. The number of carboxylic acids is 1. The number of nitrogens with zero attached hydrogens (tertiary/aromatic N) is 4. The summed E-state index contributed by atoms with van der Waals surface area (Å²) in [6, 6.07) is 5.21. The molecule has 0 aliphatic carbocycles. The van der Waals surface area contributed by atoms with Gasteiger partial charge in [-0.25, -0.2) is 19.2 Å². The first-order valence-electron chi connectivity index (χ1n) is 11.6. The summed E-state index contributed by atoms with van der Waals surface area (Å²) in [6.07, 6.45) is -8.34. The van der Waals surface area contributed by atoms with Gasteiger partial charge in [0.2, 0.25) is 5.95 Å². The zero-order chi connectivity index (χ0) is 29.7. The Labute approximate surface area is 229 Å². The van der Waals surface area contributed by atoms with Crippen LogP contribution in [0.15, 0.2) is 42.6 Å². The number of aromatic nitrogens is 2. The second-order valence-electron chi connectivity index (χ2n) is 8.49. The molecule has 7 nitrogen and oxygen atoms in total. The molecule has 1 aromatic heterocycles. The molecule has 216 valence electrons. The predicted octanol–water partition coefficient (Wildman–Crippen LogP) is 6.27. The van der Waals surface area contributed by atoms with Gasteiger partial charge in [0, 0.05) is 37.9 Å². The van der Waals surface area contributed by atoms with Crippen molar-refractivity contribution in [1.29, 1.82) is 0 Å². The first-order valence-corrected chi connectivity index (χ1v) is 11.9. The smallest absolute Gasteiger partial charge is 0.416 e. The molecule has 2 aromatic carbocycles. The number of halogens is 8. The van der Waals surface area contributed by atoms with Crippen LogP contribution < -0.4 is 10.2 Å². The summed E-state index contributed by atoms with van der Waals surface area (Å²) >= 11 is 6.06. The van der Waals surface area contributed by atoms with Crippen LogP contribution in [0, 0.1) is 5.82 Å². The molecule has 40 heavy (non-hydrogen) atoms. The quantitative estimate of drug-likeness (QED) is 0.339. The Bertz CT molecular complexity index is 1310. The van der Waals surface area contributed by atoms with Gasteiger partial charge in [-0.15, -0.1) is 6.54 Å². The Morgan fingerprint density at radius 2 is 1.65 bits per heavy atom. The van der Waals surface area contributed by atoms with Gasteiger partial charge >= 0.3 is 18.3 Å². The van der Waals surface area contributed by atoms with Crippen LogP contribution in [0.3, 0.4) is 0 Å². The first-order chi connectivity index (χ1) is 18.7. The minimum atomic E-state index is -4.80. The van der Waals surface area contributed by atoms with E-state index in [1.165, 1.54) is 25.4 Å². The summed E-state index contributed by atoms with van der Waals surface area (Å²) < 4.78 is 87.5. The number of nitrogens with one attached hydrogen (secondary N) is 1. The van der Waals surface area contributed by atoms with Crippen molar-refractivity contribution >= 4 is 23.5 Å². The molecule has 0 amide bonds. The zero-order valence-corrected chi connectivity index (χ0v) is 21.5. The minimum absolute atomic E-state index is 0.0719. The molecular weight excluding hydrogens is 571 g/mol. The van der Waals surface area contributed by atoms with Crippen LogP contribution in [0.1, 0.15) is 27.0 Å². The molecule has 4 rings (SSSR count). The van der Waals surface area contributed by atoms with E-state index in [1.54, 1.807) is 0 Å². The number of carbonyl (C=O) groups is 1. The third-order valence-corrected chi connectivity index (χ3v) is 5.89. The van der Waals surface area contributed by atoms with Gasteiger partial charge in [0.25, 0.3) is 0 Å². The van der Waals surface area contributed by atoms with Crippen molar-refractivity contribution in [2.75, 3.05) is 38.1 Å². The molecule has 1 aliphatic rings. The number of alkyl halides is 6. The lowest BCUT2D eigenvalue weighted by atomic mass is 10.0. The maximum absolute atomic E-state index is 13.2. The number of benzene rings is 2. The Kier molecular flexibility index (Phi) is 9.92. The highest BCUT2D eigenvalue weighted by Gasteiger charge is 2.36. The molecule has 0 radical (unpaired) electrons. The third-order valence-electron chi connectivity index (χ3n) is 5.58. The highest BCUT2D eigenvalue weighted by Crippen LogP contribution is 2.36. The van der Waals surface area contributed by atoms with E-state index in [0.717, 1.165) is 32.2 Å². The van der Waals surface area contributed by atoms with E-state index in [1.807, 2.05) is 4.90 Å². The number of rotatable bonds is 5. The maximum Gasteiger partial charge on any atom is 0.416 e. The average Bonchev–Trinajstić information content (AvgIpc) is 2.88. The molecular formula is C25H22ClF7N5O2-. The molecule has 0 atom stereocenters. The molecule has 15 heteroatoms. The Hall–Kier alpha value is -3.49. The van der Waals surface area contributed by atoms with Crippen molar-refractivity contribution < 1.29 is 40.6 Å². The molecule has 2 heterocycles. The van der Waals surface area contributed by atoms with Crippen LogP contribution in [0.4, 0.5) is 36.7 Å². The summed E-state index contributed by atoms with van der Waals surface area (Å²) in [6.45, 7) is 2.87. The van der Waals surface area contributed by atoms with E-state index in [0.29, 0.717) is 23.6 Å². The summed E-state index contributed by atoms with van der Waals surface area (Å²) in [7, 11) is 1.31. The summed E-state index contributed by atoms with van der Waals surface area (Å²) in [5, 5.41) is 16.2. The lowest BCUT2D eigenvalue weighted by Crippen LogP contribution is -2.44. The highest BCUT2D eigenvalue weighted by atomic mass is 35.5. The molecule has 2 N–H and O–H groups in total. The number of aromatic carboxylic acids is 1. The monoisotopic (exact) mass is 592 g/mol. The van der Waals surface area contributed by atoms with Gasteiger partial charge in [0.15, 0.2) is 0 Å². The van der Waals surface area contributed by atoms with Crippen LogP contribution in [0.5, 0.6) is 0 Å². The van der Waals surface area contributed by atoms with E-state index in [4.69, 9.17) is 11.6 Å². The zero-order valence-electron chi connectivity index (χ0n) is 20.7. The van der Waals surface area contributed by atoms with Crippen molar-refractivity contribution in [1.82, 2.24) is 15.3 Å². The minimum Gasteiger partial charge on any atom is -0.661 e. The van der Waals surface area contributed by atoms with Gasteiger partial charge in [0.1, 0.15) is 11.4 Å². The first kappa shape index (κ1) is 31.0. The van der Waals surface area contributed by atoms with E-state index in [2.05, 4.69) is 20.6 Å². The van der Waals surface area contributed by atoms with E-state index in [9.17, 15) is 40.6 Å². The normalized spacial score (nSPS) is 14.0. The Morgan fingerprint density at radius 3 is 2.15 bits per heavy atom. The largest absolute Gasteiger partial charge is 0.661 e. The lowest BCUT2D eigenvalue weighted by molar-refractivity contribution is -0.143. The highest BCUT2D eigenvalue weighted by molar-refractivity contribution is 6.33. The maximum atomic E-state index is 13.2. The Morgan fingerprint density at radius 1 is 1.05 bits per heavy atom. The fourth-order valence-electron chi connectivity index (χ4n) is 3.73. The van der Waals surface area contributed by atoms with Crippen molar-refractivity contribution in [3.63, 3.8) is 0 Å². The van der Waals surface area contributed by atoms with Gasteiger partial charge in [-0.1, -0.05) is 17.2 Å². The summed E-state index contributed by atoms with van der Waals surface area (Å²) in [4.78, 5) is 21.9. The van der Waals surface area contributed by atoms with Gasteiger partial charge in [0.05, 0.1) is 21.8 Å². The number of piperazine rings is 1. The average molecular weight is 593 g/mol. The van der Waals surface area contributed by atoms with Crippen LogP contribution in [0.25, 0.3) is 16.6 Å². The summed E-state index contributed by atoms with van der Waals surface area (Å²) in [5.74, 6) is -1.22.